The van der Waals surface area contributed by atoms with Gasteiger partial charge >= 0.3 is 0 Å². The molecule has 4 rings (SSSR count). The highest BCUT2D eigenvalue weighted by Crippen LogP contribution is 2.38. The minimum absolute atomic E-state index is 0.0976. The Morgan fingerprint density at radius 2 is 1.96 bits per heavy atom. The molecule has 0 fully saturated rings. The molecule has 134 valence electrons. The lowest BCUT2D eigenvalue weighted by molar-refractivity contribution is 0.340. The Bertz CT molecular complexity index is 876. The van der Waals surface area contributed by atoms with Crippen molar-refractivity contribution >= 4 is 5.95 Å². The van der Waals surface area contributed by atoms with Crippen LogP contribution in [-0.2, 0) is 0 Å². The summed E-state index contributed by atoms with van der Waals surface area (Å²) in [5, 5.41) is 7.91. The normalized spacial score (nSPS) is 18.7. The fourth-order valence-electron chi connectivity index (χ4n) is 3.43. The van der Waals surface area contributed by atoms with Gasteiger partial charge in [0, 0.05) is 0 Å². The van der Waals surface area contributed by atoms with E-state index in [2.05, 4.69) is 39.7 Å². The van der Waals surface area contributed by atoms with E-state index in [1.165, 1.54) is 5.56 Å². The predicted molar refractivity (Wildman–Crippen MR) is 99.7 cm³/mol. The van der Waals surface area contributed by atoms with Gasteiger partial charge in [0.25, 0.3) is 0 Å². The van der Waals surface area contributed by atoms with Gasteiger partial charge in [-0.25, -0.2) is 4.68 Å². The summed E-state index contributed by atoms with van der Waals surface area (Å²) in [6.45, 7) is 2.66. The SMILES string of the molecule is CCOc1ccc([C@H]2C[C@@H](c3cccc(OC)c3)n3ncnc3N2)cc1. The summed E-state index contributed by atoms with van der Waals surface area (Å²) in [5.41, 5.74) is 2.36. The van der Waals surface area contributed by atoms with Crippen LogP contribution in [0.3, 0.4) is 0 Å². The molecule has 6 heteroatoms. The highest BCUT2D eigenvalue weighted by molar-refractivity contribution is 5.40. The number of hydrogen-bond acceptors (Lipinski definition) is 5. The molecular weight excluding hydrogens is 328 g/mol. The topological polar surface area (TPSA) is 61.2 Å². The van der Waals surface area contributed by atoms with Crippen LogP contribution < -0.4 is 14.8 Å². The molecule has 0 saturated heterocycles. The molecule has 1 aromatic heterocycles. The van der Waals surface area contributed by atoms with Crippen LogP contribution >= 0.6 is 0 Å². The molecule has 0 unspecified atom stereocenters. The van der Waals surface area contributed by atoms with Crippen molar-refractivity contribution in [2.45, 2.75) is 25.4 Å². The van der Waals surface area contributed by atoms with Crippen LogP contribution in [0.5, 0.6) is 11.5 Å². The number of ether oxygens (including phenoxy) is 2. The van der Waals surface area contributed by atoms with Gasteiger partial charge in [0.1, 0.15) is 17.8 Å². The number of methoxy groups -OCH3 is 1. The molecule has 6 nitrogen and oxygen atoms in total. The number of nitrogens with one attached hydrogen (secondary N) is 1. The van der Waals surface area contributed by atoms with Gasteiger partial charge in [-0.05, 0) is 48.7 Å². The second-order valence-electron chi connectivity index (χ2n) is 6.26. The minimum atomic E-state index is 0.0976. The van der Waals surface area contributed by atoms with Gasteiger partial charge in [0.05, 0.1) is 25.8 Å². The molecule has 2 aromatic carbocycles. The number of anilines is 1. The maximum atomic E-state index is 5.55. The minimum Gasteiger partial charge on any atom is -0.497 e. The van der Waals surface area contributed by atoms with E-state index in [0.717, 1.165) is 29.4 Å². The first-order valence-electron chi connectivity index (χ1n) is 8.81. The molecular formula is C20H22N4O2. The van der Waals surface area contributed by atoms with Crippen LogP contribution in [0.4, 0.5) is 5.95 Å². The van der Waals surface area contributed by atoms with Gasteiger partial charge in [0.15, 0.2) is 0 Å². The molecule has 0 spiro atoms. The summed E-state index contributed by atoms with van der Waals surface area (Å²) >= 11 is 0. The van der Waals surface area contributed by atoms with Gasteiger partial charge in [-0.2, -0.15) is 10.1 Å². The zero-order valence-corrected chi connectivity index (χ0v) is 14.9. The number of hydrogen-bond donors (Lipinski definition) is 1. The fourth-order valence-corrected chi connectivity index (χ4v) is 3.43. The van der Waals surface area contributed by atoms with Crippen molar-refractivity contribution in [3.8, 4) is 11.5 Å². The summed E-state index contributed by atoms with van der Waals surface area (Å²) in [5.74, 6) is 2.52. The zero-order valence-electron chi connectivity index (χ0n) is 14.9. The Balaban J connectivity index is 1.65. The highest BCUT2D eigenvalue weighted by atomic mass is 16.5. The first kappa shape index (κ1) is 16.4. The number of rotatable bonds is 5. The molecule has 2 atom stereocenters. The van der Waals surface area contributed by atoms with Crippen LogP contribution in [0.15, 0.2) is 54.9 Å². The molecule has 3 aromatic rings. The van der Waals surface area contributed by atoms with E-state index in [4.69, 9.17) is 9.47 Å². The largest absolute Gasteiger partial charge is 0.497 e. The number of aromatic nitrogens is 3. The third-order valence-corrected chi connectivity index (χ3v) is 4.70. The van der Waals surface area contributed by atoms with Gasteiger partial charge < -0.3 is 14.8 Å². The van der Waals surface area contributed by atoms with Crippen molar-refractivity contribution in [1.29, 1.82) is 0 Å². The van der Waals surface area contributed by atoms with Gasteiger partial charge in [0.2, 0.25) is 5.95 Å². The molecule has 1 aliphatic rings. The van der Waals surface area contributed by atoms with Crippen molar-refractivity contribution in [2.24, 2.45) is 0 Å². The second-order valence-corrected chi connectivity index (χ2v) is 6.26. The van der Waals surface area contributed by atoms with Crippen molar-refractivity contribution in [1.82, 2.24) is 14.8 Å². The highest BCUT2D eigenvalue weighted by Gasteiger charge is 2.30. The lowest BCUT2D eigenvalue weighted by atomic mass is 9.93. The molecule has 0 bridgehead atoms. The Morgan fingerprint density at radius 3 is 2.73 bits per heavy atom. The summed E-state index contributed by atoms with van der Waals surface area (Å²) in [6.07, 6.45) is 2.47. The van der Waals surface area contributed by atoms with Crippen molar-refractivity contribution in [3.63, 3.8) is 0 Å². The lowest BCUT2D eigenvalue weighted by Gasteiger charge is -2.32. The summed E-state index contributed by atoms with van der Waals surface area (Å²) in [7, 11) is 1.69. The average molecular weight is 350 g/mol. The Labute approximate surface area is 152 Å². The maximum absolute atomic E-state index is 5.55. The molecule has 26 heavy (non-hydrogen) atoms. The van der Waals surface area contributed by atoms with E-state index >= 15 is 0 Å². The van der Waals surface area contributed by atoms with Crippen LogP contribution in [0, 0.1) is 0 Å². The van der Waals surface area contributed by atoms with Crippen molar-refractivity contribution < 1.29 is 9.47 Å². The molecule has 1 N–H and O–H groups in total. The molecule has 2 heterocycles. The number of benzene rings is 2. The number of nitrogens with zero attached hydrogens (tertiary/aromatic N) is 3. The Morgan fingerprint density at radius 1 is 1.12 bits per heavy atom. The van der Waals surface area contributed by atoms with Gasteiger partial charge in [-0.3, -0.25) is 0 Å². The smallest absolute Gasteiger partial charge is 0.222 e. The van der Waals surface area contributed by atoms with E-state index in [1.807, 2.05) is 35.9 Å². The van der Waals surface area contributed by atoms with Crippen LogP contribution in [0.25, 0.3) is 0 Å². The van der Waals surface area contributed by atoms with Crippen LogP contribution in [0.1, 0.15) is 36.6 Å². The summed E-state index contributed by atoms with van der Waals surface area (Å²) in [4.78, 5) is 4.38. The maximum Gasteiger partial charge on any atom is 0.222 e. The Hall–Kier alpha value is -3.02. The molecule has 0 amide bonds. The first-order chi connectivity index (χ1) is 12.8. The van der Waals surface area contributed by atoms with Crippen LogP contribution in [-0.4, -0.2) is 28.5 Å². The lowest BCUT2D eigenvalue weighted by Crippen LogP contribution is -2.28. The van der Waals surface area contributed by atoms with E-state index < -0.39 is 0 Å². The molecule has 0 saturated carbocycles. The van der Waals surface area contributed by atoms with Crippen molar-refractivity contribution in [3.05, 3.63) is 66.0 Å². The molecule has 1 aliphatic heterocycles. The zero-order chi connectivity index (χ0) is 17.9. The van der Waals surface area contributed by atoms with Gasteiger partial charge in [-0.1, -0.05) is 24.3 Å². The predicted octanol–water partition coefficient (Wildman–Crippen LogP) is 3.83. The van der Waals surface area contributed by atoms with Crippen LogP contribution in [0.2, 0.25) is 0 Å². The van der Waals surface area contributed by atoms with Crippen molar-refractivity contribution in [2.75, 3.05) is 19.0 Å². The average Bonchev–Trinajstić information content (AvgIpc) is 3.17. The van der Waals surface area contributed by atoms with E-state index in [9.17, 15) is 0 Å². The summed E-state index contributed by atoms with van der Waals surface area (Å²) < 4.78 is 12.9. The van der Waals surface area contributed by atoms with E-state index in [0.29, 0.717) is 6.61 Å². The second kappa shape index (κ2) is 7.07. The third kappa shape index (κ3) is 3.10. The fraction of sp³-hybridized carbons (Fsp3) is 0.300. The molecule has 0 radical (unpaired) electrons. The van der Waals surface area contributed by atoms with Gasteiger partial charge in [-0.15, -0.1) is 0 Å². The summed E-state index contributed by atoms with van der Waals surface area (Å²) in [6, 6.07) is 16.6. The Kier molecular flexibility index (Phi) is 4.48. The van der Waals surface area contributed by atoms with E-state index in [1.54, 1.807) is 13.4 Å². The quantitative estimate of drug-likeness (QED) is 0.758. The van der Waals surface area contributed by atoms with E-state index in [-0.39, 0.29) is 12.1 Å². The monoisotopic (exact) mass is 350 g/mol. The molecule has 0 aliphatic carbocycles. The first-order valence-corrected chi connectivity index (χ1v) is 8.81. The third-order valence-electron chi connectivity index (χ3n) is 4.70. The standard InChI is InChI=1S/C20H22N4O2/c1-3-26-16-9-7-14(8-10-16)18-12-19(24-20(23-18)21-13-22-24)15-5-4-6-17(11-15)25-2/h4-11,13,18-19H,3,12H2,1-2H3,(H,21,22,23)/t18-,19+/m1/s1. The number of fused-ring (bicyclic) bond motifs is 1.